The Kier molecular flexibility index (Phi) is 6.03. The smallest absolute Gasteiger partial charge is 0.207 e. The van der Waals surface area contributed by atoms with E-state index in [4.69, 9.17) is 23.2 Å². The van der Waals surface area contributed by atoms with Crippen molar-refractivity contribution in [2.45, 2.75) is 17.9 Å². The molecule has 0 spiro atoms. The van der Waals surface area contributed by atoms with E-state index in [1.54, 1.807) is 28.6 Å². The van der Waals surface area contributed by atoms with Gasteiger partial charge in [-0.05, 0) is 53.5 Å². The van der Waals surface area contributed by atoms with Crippen LogP contribution >= 0.6 is 23.2 Å². The van der Waals surface area contributed by atoms with Crippen molar-refractivity contribution >= 4 is 38.8 Å². The van der Waals surface area contributed by atoms with E-state index in [1.807, 2.05) is 61.5 Å². The molecule has 30 heavy (non-hydrogen) atoms. The molecule has 0 radical (unpaired) electrons. The molecule has 1 aliphatic heterocycles. The second kappa shape index (κ2) is 8.56. The van der Waals surface area contributed by atoms with Gasteiger partial charge in [-0.25, -0.2) is 8.42 Å². The van der Waals surface area contributed by atoms with Gasteiger partial charge >= 0.3 is 0 Å². The van der Waals surface area contributed by atoms with Crippen molar-refractivity contribution in [2.75, 3.05) is 12.4 Å². The topological polar surface area (TPSA) is 37.4 Å². The molecule has 3 aromatic rings. The molecule has 0 N–H and O–H groups in total. The third-order valence-corrected chi connectivity index (χ3v) is 7.76. The van der Waals surface area contributed by atoms with Crippen LogP contribution in [0.2, 0.25) is 5.02 Å². The van der Waals surface area contributed by atoms with Crippen LogP contribution in [0.15, 0.2) is 89.3 Å². The highest BCUT2D eigenvalue weighted by molar-refractivity contribution is 7.89. The predicted octanol–water partition coefficient (Wildman–Crippen LogP) is 6.09. The summed E-state index contributed by atoms with van der Waals surface area (Å²) in [6, 6.07) is 23.6. The number of halogens is 2. The molecule has 0 amide bonds. The van der Waals surface area contributed by atoms with Gasteiger partial charge in [-0.15, -0.1) is 11.6 Å². The maximum atomic E-state index is 13.7. The Morgan fingerprint density at radius 3 is 2.17 bits per heavy atom. The van der Waals surface area contributed by atoms with E-state index in [-0.39, 0.29) is 17.3 Å². The summed E-state index contributed by atoms with van der Waals surface area (Å²) < 4.78 is 28.9. The molecule has 0 bridgehead atoms. The minimum atomic E-state index is -3.75. The number of sulfonamides is 1. The molecule has 0 fully saturated rings. The van der Waals surface area contributed by atoms with Gasteiger partial charge in [-0.2, -0.15) is 4.31 Å². The summed E-state index contributed by atoms with van der Waals surface area (Å²) in [7, 11) is -3.75. The fraction of sp³-hybridized carbons (Fsp3) is 0.167. The average molecular weight is 458 g/mol. The van der Waals surface area contributed by atoms with Gasteiger partial charge in [0.1, 0.15) is 0 Å². The largest absolute Gasteiger partial charge is 0.244 e. The fourth-order valence-corrected chi connectivity index (χ4v) is 5.85. The van der Waals surface area contributed by atoms with Crippen LogP contribution in [0.5, 0.6) is 0 Å². The number of benzene rings is 3. The van der Waals surface area contributed by atoms with Crippen LogP contribution < -0.4 is 0 Å². The first-order valence-electron chi connectivity index (χ1n) is 9.59. The van der Waals surface area contributed by atoms with E-state index in [9.17, 15) is 8.42 Å². The zero-order chi connectivity index (χ0) is 21.3. The van der Waals surface area contributed by atoms with E-state index < -0.39 is 16.1 Å². The molecule has 154 valence electrons. The molecule has 1 heterocycles. The molecule has 0 saturated heterocycles. The van der Waals surface area contributed by atoms with Crippen molar-refractivity contribution in [3.05, 3.63) is 106 Å². The van der Waals surface area contributed by atoms with Crippen LogP contribution in [0.1, 0.15) is 22.7 Å². The number of aryl methyl sites for hydroxylation is 1. The van der Waals surface area contributed by atoms with Gasteiger partial charge in [0.15, 0.2) is 0 Å². The highest BCUT2D eigenvalue weighted by Gasteiger charge is 2.41. The molecule has 6 heteroatoms. The van der Waals surface area contributed by atoms with Crippen LogP contribution in [0.4, 0.5) is 0 Å². The molecule has 1 atom stereocenters. The van der Waals surface area contributed by atoms with Crippen molar-refractivity contribution in [2.24, 2.45) is 0 Å². The lowest BCUT2D eigenvalue weighted by molar-refractivity contribution is 0.411. The van der Waals surface area contributed by atoms with Crippen molar-refractivity contribution in [1.82, 2.24) is 4.31 Å². The van der Waals surface area contributed by atoms with Gasteiger partial charge in [0, 0.05) is 17.4 Å². The predicted molar refractivity (Wildman–Crippen MR) is 123 cm³/mol. The Labute approximate surface area is 187 Å². The summed E-state index contributed by atoms with van der Waals surface area (Å²) in [5.41, 5.74) is 4.67. The number of nitrogens with zero attached hydrogens (tertiary/aromatic N) is 1. The molecule has 1 unspecified atom stereocenters. The van der Waals surface area contributed by atoms with Crippen LogP contribution in [0.3, 0.4) is 0 Å². The monoisotopic (exact) mass is 457 g/mol. The first kappa shape index (κ1) is 21.1. The number of hydrogen-bond donors (Lipinski definition) is 0. The standard InChI is InChI=1S/C24H21Cl2NO2S/c1-17-7-13-21(14-8-17)30(28,29)27-16-23(18-5-3-2-4-6-18)22(15-25)24(27)19-9-11-20(26)12-10-19/h2-14,24H,15-16H2,1H3. The van der Waals surface area contributed by atoms with Crippen LogP contribution in [-0.2, 0) is 10.0 Å². The highest BCUT2D eigenvalue weighted by Crippen LogP contribution is 2.44. The minimum absolute atomic E-state index is 0.234. The lowest BCUT2D eigenvalue weighted by Crippen LogP contribution is -2.32. The molecule has 4 rings (SSSR count). The van der Waals surface area contributed by atoms with Crippen molar-refractivity contribution in [3.8, 4) is 0 Å². The Hall–Kier alpha value is -2.11. The third-order valence-electron chi connectivity index (χ3n) is 5.40. The summed E-state index contributed by atoms with van der Waals surface area (Å²) in [6.07, 6.45) is 0. The van der Waals surface area contributed by atoms with Gasteiger partial charge in [-0.3, -0.25) is 0 Å². The van der Waals surface area contributed by atoms with E-state index in [2.05, 4.69) is 0 Å². The summed E-state index contributed by atoms with van der Waals surface area (Å²) in [6.45, 7) is 2.19. The average Bonchev–Trinajstić information content (AvgIpc) is 3.16. The highest BCUT2D eigenvalue weighted by atomic mass is 35.5. The molecule has 0 aliphatic carbocycles. The maximum Gasteiger partial charge on any atom is 0.244 e. The van der Waals surface area contributed by atoms with Crippen molar-refractivity contribution < 1.29 is 8.42 Å². The van der Waals surface area contributed by atoms with Crippen molar-refractivity contribution in [3.63, 3.8) is 0 Å². The zero-order valence-corrected chi connectivity index (χ0v) is 18.8. The van der Waals surface area contributed by atoms with E-state index in [0.717, 1.165) is 27.8 Å². The Balaban J connectivity index is 1.87. The van der Waals surface area contributed by atoms with Gasteiger partial charge in [0.05, 0.1) is 10.9 Å². The first-order valence-corrected chi connectivity index (χ1v) is 11.9. The van der Waals surface area contributed by atoms with Crippen LogP contribution in [0.25, 0.3) is 5.57 Å². The van der Waals surface area contributed by atoms with Gasteiger partial charge in [0.2, 0.25) is 10.0 Å². The summed E-state index contributed by atoms with van der Waals surface area (Å²) in [4.78, 5) is 0.273. The lowest BCUT2D eigenvalue weighted by Gasteiger charge is -2.26. The van der Waals surface area contributed by atoms with E-state index in [0.29, 0.717) is 5.02 Å². The summed E-state index contributed by atoms with van der Waals surface area (Å²) in [5, 5.41) is 0.601. The zero-order valence-electron chi connectivity index (χ0n) is 16.4. The SMILES string of the molecule is Cc1ccc(S(=O)(=O)N2CC(c3ccccc3)=C(CCl)C2c2ccc(Cl)cc2)cc1. The van der Waals surface area contributed by atoms with Crippen LogP contribution in [0, 0.1) is 6.92 Å². The second-order valence-electron chi connectivity index (χ2n) is 7.32. The van der Waals surface area contributed by atoms with Gasteiger partial charge in [0.25, 0.3) is 0 Å². The van der Waals surface area contributed by atoms with Gasteiger partial charge in [-0.1, -0.05) is 71.8 Å². The molecular weight excluding hydrogens is 437 g/mol. The van der Waals surface area contributed by atoms with Crippen molar-refractivity contribution in [1.29, 1.82) is 0 Å². The Morgan fingerprint density at radius 1 is 0.933 bits per heavy atom. The Morgan fingerprint density at radius 2 is 1.57 bits per heavy atom. The first-order chi connectivity index (χ1) is 14.4. The van der Waals surface area contributed by atoms with E-state index in [1.165, 1.54) is 0 Å². The second-order valence-corrected chi connectivity index (χ2v) is 9.92. The summed E-state index contributed by atoms with van der Waals surface area (Å²) in [5.74, 6) is 0.234. The molecule has 3 nitrogen and oxygen atoms in total. The quantitative estimate of drug-likeness (QED) is 0.434. The molecule has 1 aliphatic rings. The third kappa shape index (κ3) is 3.93. The molecule has 0 saturated carbocycles. The minimum Gasteiger partial charge on any atom is -0.207 e. The Bertz CT molecular complexity index is 1170. The number of alkyl halides is 1. The molecule has 0 aromatic heterocycles. The molecule has 3 aromatic carbocycles. The summed E-state index contributed by atoms with van der Waals surface area (Å²) >= 11 is 12.5. The number of hydrogen-bond acceptors (Lipinski definition) is 2. The van der Waals surface area contributed by atoms with Crippen LogP contribution in [-0.4, -0.2) is 25.1 Å². The number of rotatable bonds is 5. The maximum absolute atomic E-state index is 13.7. The van der Waals surface area contributed by atoms with Gasteiger partial charge < -0.3 is 0 Å². The fourth-order valence-electron chi connectivity index (χ4n) is 3.84. The lowest BCUT2D eigenvalue weighted by atomic mass is 9.96. The van der Waals surface area contributed by atoms with E-state index >= 15 is 0 Å². The molecular formula is C24H21Cl2NO2S. The normalized spacial score (nSPS) is 17.5.